The van der Waals surface area contributed by atoms with Gasteiger partial charge in [0.1, 0.15) is 11.6 Å². The van der Waals surface area contributed by atoms with Crippen molar-refractivity contribution in [1.82, 2.24) is 19.7 Å². The van der Waals surface area contributed by atoms with Crippen LogP contribution in [0.2, 0.25) is 0 Å². The number of rotatable bonds is 3. The number of hydrogen-bond donors (Lipinski definition) is 0. The molecular weight excluding hydrogens is 252 g/mol. The summed E-state index contributed by atoms with van der Waals surface area (Å²) in [6, 6.07) is 7.91. The van der Waals surface area contributed by atoms with Crippen LogP contribution in [0.1, 0.15) is 12.7 Å². The Hall–Kier alpha value is -2.43. The topological polar surface area (TPSA) is 52.8 Å². The van der Waals surface area contributed by atoms with Crippen molar-refractivity contribution < 1.29 is 4.74 Å². The van der Waals surface area contributed by atoms with Crippen LogP contribution < -0.4 is 4.74 Å². The highest BCUT2D eigenvalue weighted by Crippen LogP contribution is 2.32. The lowest BCUT2D eigenvalue weighted by molar-refractivity contribution is 0.341. The molecule has 0 aliphatic heterocycles. The summed E-state index contributed by atoms with van der Waals surface area (Å²) < 4.78 is 7.46. The molecule has 0 fully saturated rings. The van der Waals surface area contributed by atoms with Crippen molar-refractivity contribution >= 4 is 11.0 Å². The van der Waals surface area contributed by atoms with Gasteiger partial charge in [-0.1, -0.05) is 12.1 Å². The molecule has 0 amide bonds. The molecule has 20 heavy (non-hydrogen) atoms. The SMILES string of the molecule is CCOc1ccccc1-c1nc(C)nc2c1cnn2C. The molecule has 3 aromatic rings. The molecule has 0 atom stereocenters. The Morgan fingerprint density at radius 3 is 2.80 bits per heavy atom. The Morgan fingerprint density at radius 2 is 2.00 bits per heavy atom. The first-order chi connectivity index (χ1) is 9.70. The average molecular weight is 268 g/mol. The minimum atomic E-state index is 0.622. The van der Waals surface area contributed by atoms with Crippen molar-refractivity contribution in [3.63, 3.8) is 0 Å². The fourth-order valence-corrected chi connectivity index (χ4v) is 2.28. The summed E-state index contributed by atoms with van der Waals surface area (Å²) in [5.74, 6) is 1.56. The van der Waals surface area contributed by atoms with Crippen molar-refractivity contribution in [2.75, 3.05) is 6.61 Å². The fourth-order valence-electron chi connectivity index (χ4n) is 2.28. The molecule has 0 bridgehead atoms. The van der Waals surface area contributed by atoms with Crippen molar-refractivity contribution in [2.24, 2.45) is 7.05 Å². The van der Waals surface area contributed by atoms with Crippen LogP contribution >= 0.6 is 0 Å². The van der Waals surface area contributed by atoms with Gasteiger partial charge in [0.2, 0.25) is 0 Å². The number of nitrogens with zero attached hydrogens (tertiary/aromatic N) is 4. The van der Waals surface area contributed by atoms with Gasteiger partial charge in [-0.05, 0) is 26.0 Å². The maximum atomic E-state index is 5.70. The first kappa shape index (κ1) is 12.6. The van der Waals surface area contributed by atoms with Gasteiger partial charge in [0.25, 0.3) is 0 Å². The van der Waals surface area contributed by atoms with E-state index in [-0.39, 0.29) is 0 Å². The zero-order chi connectivity index (χ0) is 14.1. The second kappa shape index (κ2) is 4.92. The Bertz CT molecular complexity index is 764. The largest absolute Gasteiger partial charge is 0.493 e. The van der Waals surface area contributed by atoms with Gasteiger partial charge >= 0.3 is 0 Å². The number of benzene rings is 1. The van der Waals surface area contributed by atoms with Crippen molar-refractivity contribution in [2.45, 2.75) is 13.8 Å². The molecule has 0 unspecified atom stereocenters. The second-order valence-electron chi connectivity index (χ2n) is 4.55. The van der Waals surface area contributed by atoms with E-state index in [0.29, 0.717) is 6.61 Å². The van der Waals surface area contributed by atoms with E-state index >= 15 is 0 Å². The fraction of sp³-hybridized carbons (Fsp3) is 0.267. The number of para-hydroxylation sites is 1. The van der Waals surface area contributed by atoms with Gasteiger partial charge in [-0.15, -0.1) is 0 Å². The van der Waals surface area contributed by atoms with Crippen LogP contribution in [0.5, 0.6) is 5.75 Å². The predicted molar refractivity (Wildman–Crippen MR) is 77.6 cm³/mol. The molecule has 5 nitrogen and oxygen atoms in total. The van der Waals surface area contributed by atoms with Gasteiger partial charge in [0.05, 0.1) is 23.9 Å². The number of hydrogen-bond acceptors (Lipinski definition) is 4. The van der Waals surface area contributed by atoms with E-state index in [9.17, 15) is 0 Å². The first-order valence-corrected chi connectivity index (χ1v) is 6.59. The highest BCUT2D eigenvalue weighted by molar-refractivity contribution is 5.91. The van der Waals surface area contributed by atoms with Crippen molar-refractivity contribution in [3.8, 4) is 17.0 Å². The molecule has 0 saturated heterocycles. The van der Waals surface area contributed by atoms with E-state index in [1.54, 1.807) is 10.9 Å². The van der Waals surface area contributed by atoms with E-state index in [4.69, 9.17) is 4.74 Å². The van der Waals surface area contributed by atoms with E-state index in [1.165, 1.54) is 0 Å². The zero-order valence-electron chi connectivity index (χ0n) is 11.8. The third-order valence-corrected chi connectivity index (χ3v) is 3.15. The minimum absolute atomic E-state index is 0.622. The number of aryl methyl sites for hydroxylation is 2. The highest BCUT2D eigenvalue weighted by atomic mass is 16.5. The molecular formula is C15H16N4O. The van der Waals surface area contributed by atoms with Crippen LogP contribution in [0.4, 0.5) is 0 Å². The standard InChI is InChI=1S/C15H16N4O/c1-4-20-13-8-6-5-7-11(13)14-12-9-16-19(3)15(12)18-10(2)17-14/h5-9H,4H2,1-3H3. The summed E-state index contributed by atoms with van der Waals surface area (Å²) >= 11 is 0. The van der Waals surface area contributed by atoms with Crippen molar-refractivity contribution in [3.05, 3.63) is 36.3 Å². The van der Waals surface area contributed by atoms with E-state index in [2.05, 4.69) is 15.1 Å². The zero-order valence-corrected chi connectivity index (χ0v) is 11.8. The van der Waals surface area contributed by atoms with Crippen LogP contribution in [-0.2, 0) is 7.05 Å². The van der Waals surface area contributed by atoms with Gasteiger partial charge in [-0.2, -0.15) is 5.10 Å². The van der Waals surface area contributed by atoms with Crippen molar-refractivity contribution in [1.29, 1.82) is 0 Å². The summed E-state index contributed by atoms with van der Waals surface area (Å²) in [6.45, 7) is 4.48. The molecule has 2 aromatic heterocycles. The van der Waals surface area contributed by atoms with Gasteiger partial charge < -0.3 is 4.74 Å². The normalized spacial score (nSPS) is 10.9. The molecule has 2 heterocycles. The number of aromatic nitrogens is 4. The summed E-state index contributed by atoms with van der Waals surface area (Å²) in [4.78, 5) is 9.03. The second-order valence-corrected chi connectivity index (χ2v) is 4.55. The van der Waals surface area contributed by atoms with Crippen LogP contribution in [0.15, 0.2) is 30.5 Å². The monoisotopic (exact) mass is 268 g/mol. The van der Waals surface area contributed by atoms with Gasteiger partial charge in [-0.3, -0.25) is 4.68 Å². The van der Waals surface area contributed by atoms with E-state index in [0.717, 1.165) is 33.9 Å². The molecule has 0 N–H and O–H groups in total. The summed E-state index contributed by atoms with van der Waals surface area (Å²) in [7, 11) is 1.88. The Balaban J connectivity index is 2.29. The van der Waals surface area contributed by atoms with Crippen LogP contribution in [-0.4, -0.2) is 26.4 Å². The average Bonchev–Trinajstić information content (AvgIpc) is 2.81. The number of fused-ring (bicyclic) bond motifs is 1. The van der Waals surface area contributed by atoms with Crippen LogP contribution in [0.25, 0.3) is 22.3 Å². The lowest BCUT2D eigenvalue weighted by Gasteiger charge is -2.10. The van der Waals surface area contributed by atoms with E-state index in [1.807, 2.05) is 45.2 Å². The maximum absolute atomic E-state index is 5.70. The quantitative estimate of drug-likeness (QED) is 0.733. The third-order valence-electron chi connectivity index (χ3n) is 3.15. The molecule has 0 aliphatic rings. The Labute approximate surface area is 117 Å². The molecule has 1 aromatic carbocycles. The number of ether oxygens (including phenoxy) is 1. The molecule has 102 valence electrons. The van der Waals surface area contributed by atoms with Gasteiger partial charge in [0, 0.05) is 12.6 Å². The lowest BCUT2D eigenvalue weighted by atomic mass is 10.1. The minimum Gasteiger partial charge on any atom is -0.493 e. The summed E-state index contributed by atoms with van der Waals surface area (Å²) in [5.41, 5.74) is 2.67. The molecule has 5 heteroatoms. The maximum Gasteiger partial charge on any atom is 0.161 e. The Morgan fingerprint density at radius 1 is 1.20 bits per heavy atom. The molecule has 0 saturated carbocycles. The first-order valence-electron chi connectivity index (χ1n) is 6.59. The highest BCUT2D eigenvalue weighted by Gasteiger charge is 2.14. The summed E-state index contributed by atoms with van der Waals surface area (Å²) in [5, 5.41) is 5.21. The molecule has 0 spiro atoms. The van der Waals surface area contributed by atoms with Gasteiger partial charge in [-0.25, -0.2) is 9.97 Å². The predicted octanol–water partition coefficient (Wildman–Crippen LogP) is 2.74. The van der Waals surface area contributed by atoms with Crippen LogP contribution in [0.3, 0.4) is 0 Å². The Kier molecular flexibility index (Phi) is 3.10. The smallest absolute Gasteiger partial charge is 0.161 e. The third kappa shape index (κ3) is 2.01. The summed E-state index contributed by atoms with van der Waals surface area (Å²) in [6.07, 6.45) is 1.80. The van der Waals surface area contributed by atoms with Crippen LogP contribution in [0, 0.1) is 6.92 Å². The molecule has 0 aliphatic carbocycles. The molecule has 3 rings (SSSR count). The van der Waals surface area contributed by atoms with E-state index < -0.39 is 0 Å². The van der Waals surface area contributed by atoms with Gasteiger partial charge in [0.15, 0.2) is 5.65 Å². The molecule has 0 radical (unpaired) electrons. The lowest BCUT2D eigenvalue weighted by Crippen LogP contribution is -1.99.